The zero-order chi connectivity index (χ0) is 32.6. The largest absolute Gasteiger partial charge is 0.508 e. The molecule has 0 bridgehead atoms. The summed E-state index contributed by atoms with van der Waals surface area (Å²) < 4.78 is 39.0. The Morgan fingerprint density at radius 2 is 1.86 bits per heavy atom. The molecule has 1 amide bonds. The van der Waals surface area contributed by atoms with Gasteiger partial charge in [-0.2, -0.15) is 13.2 Å². The molecule has 1 unspecified atom stereocenters. The molecular formula is C28H30F3N5O7S. The topological polar surface area (TPSA) is 190 Å². The SMILES string of the molecule is CN(C)c1cc(CNc2nc(C(F)(F)F)cs2)c(O)c2c1C[C@H]1C[C@H]3C(N(C)C)C(=O)C(C(N)=O)=C(O)[C@@]3(O)C(=O)C1=C2O. The Bertz CT molecular complexity index is 1660. The van der Waals surface area contributed by atoms with Gasteiger partial charge in [0.15, 0.2) is 22.2 Å². The number of hydrogen-bond donors (Lipinski definition) is 6. The standard InChI is InChI=1S/C28H30F3N5O7S/c1-35(2)14-7-11(8-33-26-34-15(9-44-26)28(29,30)31)20(37)17-12(14)5-10-6-13-19(36(3)4)22(39)18(25(32)42)24(41)27(13,43)23(40)16(10)21(17)38/h7,9-10,13,19,37-38,41,43H,5-6,8H2,1-4H3,(H2,32,42)(H,33,34)/t10-,13-,19?,27-/m0/s1. The highest BCUT2D eigenvalue weighted by molar-refractivity contribution is 7.13. The van der Waals surface area contributed by atoms with E-state index in [0.717, 1.165) is 16.7 Å². The normalized spacial score (nSPS) is 25.2. The van der Waals surface area contributed by atoms with Crippen LogP contribution in [-0.4, -0.2) is 87.6 Å². The third kappa shape index (κ3) is 4.59. The van der Waals surface area contributed by atoms with Crippen LogP contribution in [0.2, 0.25) is 0 Å². The first-order valence-corrected chi connectivity index (χ1v) is 14.3. The van der Waals surface area contributed by atoms with E-state index in [4.69, 9.17) is 5.73 Å². The molecule has 1 saturated carbocycles. The lowest BCUT2D eigenvalue weighted by Gasteiger charge is -2.50. The van der Waals surface area contributed by atoms with Crippen molar-refractivity contribution in [3.8, 4) is 5.75 Å². The molecule has 5 rings (SSSR count). The number of nitrogens with zero attached hydrogens (tertiary/aromatic N) is 3. The first kappa shape index (κ1) is 31.3. The number of thiazole rings is 1. The van der Waals surface area contributed by atoms with Crippen molar-refractivity contribution >= 4 is 45.4 Å². The lowest BCUT2D eigenvalue weighted by atomic mass is 9.57. The average Bonchev–Trinajstić information content (AvgIpc) is 3.39. The second-order valence-electron chi connectivity index (χ2n) is 11.5. The smallest absolute Gasteiger partial charge is 0.434 e. The number of hydrogen-bond acceptors (Lipinski definition) is 12. The van der Waals surface area contributed by atoms with Crippen molar-refractivity contribution in [1.82, 2.24) is 9.88 Å². The number of primary amides is 1. The maximum Gasteiger partial charge on any atom is 0.434 e. The van der Waals surface area contributed by atoms with Crippen LogP contribution >= 0.6 is 11.3 Å². The first-order valence-electron chi connectivity index (χ1n) is 13.4. The number of Topliss-reactive ketones (excluding diaryl/α,β-unsaturated/α-hetero) is 2. The molecule has 0 saturated heterocycles. The molecule has 3 aliphatic carbocycles. The number of phenols is 1. The van der Waals surface area contributed by atoms with Crippen molar-refractivity contribution in [3.63, 3.8) is 0 Å². The third-order valence-corrected chi connectivity index (χ3v) is 9.28. The number of nitrogens with two attached hydrogens (primary N) is 1. The van der Waals surface area contributed by atoms with Crippen LogP contribution in [0.1, 0.15) is 28.8 Å². The van der Waals surface area contributed by atoms with Crippen LogP contribution in [0.3, 0.4) is 0 Å². The molecular weight excluding hydrogens is 607 g/mol. The number of halogens is 3. The van der Waals surface area contributed by atoms with E-state index in [1.54, 1.807) is 25.1 Å². The van der Waals surface area contributed by atoms with Gasteiger partial charge in [-0.1, -0.05) is 0 Å². The predicted octanol–water partition coefficient (Wildman–Crippen LogP) is 2.12. The summed E-state index contributed by atoms with van der Waals surface area (Å²) >= 11 is 0.717. The van der Waals surface area contributed by atoms with Crippen molar-refractivity contribution < 1.29 is 48.0 Å². The van der Waals surface area contributed by atoms with E-state index < -0.39 is 75.7 Å². The second-order valence-corrected chi connectivity index (χ2v) is 12.4. The summed E-state index contributed by atoms with van der Waals surface area (Å²) in [6.07, 6.45) is -4.61. The van der Waals surface area contributed by atoms with Crippen LogP contribution in [0, 0.1) is 11.8 Å². The van der Waals surface area contributed by atoms with Crippen molar-refractivity contribution in [1.29, 1.82) is 0 Å². The van der Waals surface area contributed by atoms with Crippen LogP contribution in [0.15, 0.2) is 28.4 Å². The number of aromatic hydroxyl groups is 1. The van der Waals surface area contributed by atoms with Gasteiger partial charge in [0.1, 0.15) is 22.8 Å². The summed E-state index contributed by atoms with van der Waals surface area (Å²) in [4.78, 5) is 46.1. The molecule has 0 spiro atoms. The van der Waals surface area contributed by atoms with E-state index in [1.165, 1.54) is 19.0 Å². The fraction of sp³-hybridized carbons (Fsp3) is 0.429. The maximum atomic E-state index is 14.1. The van der Waals surface area contributed by atoms with E-state index in [2.05, 4.69) is 10.3 Å². The number of ketones is 2. The average molecular weight is 638 g/mol. The van der Waals surface area contributed by atoms with E-state index in [0.29, 0.717) is 11.3 Å². The molecule has 236 valence electrons. The Balaban J connectivity index is 1.63. The highest BCUT2D eigenvalue weighted by atomic mass is 32.1. The Morgan fingerprint density at radius 1 is 1.20 bits per heavy atom. The van der Waals surface area contributed by atoms with Gasteiger partial charge >= 0.3 is 6.18 Å². The molecule has 16 heteroatoms. The number of likely N-dealkylation sites (N-methyl/N-ethyl adjacent to an activating group) is 1. The van der Waals surface area contributed by atoms with Crippen LogP contribution in [0.4, 0.5) is 24.0 Å². The summed E-state index contributed by atoms with van der Waals surface area (Å²) in [5.41, 5.74) is 1.31. The Kier molecular flexibility index (Phi) is 7.46. The highest BCUT2D eigenvalue weighted by Gasteiger charge is 2.64. The number of carbonyl (C=O) groups is 3. The monoisotopic (exact) mass is 637 g/mol. The molecule has 1 fully saturated rings. The van der Waals surface area contributed by atoms with Gasteiger partial charge in [0, 0.05) is 48.8 Å². The number of anilines is 2. The Hall–Kier alpha value is -4.15. The van der Waals surface area contributed by atoms with E-state index >= 15 is 0 Å². The number of fused-ring (bicyclic) bond motifs is 3. The van der Waals surface area contributed by atoms with Crippen LogP contribution in [0.25, 0.3) is 5.76 Å². The minimum atomic E-state index is -4.63. The number of benzene rings is 1. The summed E-state index contributed by atoms with van der Waals surface area (Å²) in [6.45, 7) is -0.200. The summed E-state index contributed by atoms with van der Waals surface area (Å²) in [5, 5.41) is 49.1. The summed E-state index contributed by atoms with van der Waals surface area (Å²) in [5.74, 6) is -7.60. The molecule has 4 atom stereocenters. The summed E-state index contributed by atoms with van der Waals surface area (Å²) in [7, 11) is 6.44. The molecule has 0 aliphatic heterocycles. The van der Waals surface area contributed by atoms with Gasteiger partial charge in [0.2, 0.25) is 5.78 Å². The minimum absolute atomic E-state index is 0.0611. The fourth-order valence-electron chi connectivity index (χ4n) is 6.54. The van der Waals surface area contributed by atoms with Crippen LogP contribution in [0.5, 0.6) is 5.75 Å². The van der Waals surface area contributed by atoms with Gasteiger partial charge in [-0.3, -0.25) is 19.3 Å². The van der Waals surface area contributed by atoms with Gasteiger partial charge < -0.3 is 36.4 Å². The minimum Gasteiger partial charge on any atom is -0.508 e. The predicted molar refractivity (Wildman–Crippen MR) is 153 cm³/mol. The fourth-order valence-corrected chi connectivity index (χ4v) is 7.25. The number of carbonyl (C=O) groups excluding carboxylic acids is 3. The van der Waals surface area contributed by atoms with E-state index in [-0.39, 0.29) is 41.2 Å². The zero-order valence-electron chi connectivity index (χ0n) is 24.0. The molecule has 1 heterocycles. The van der Waals surface area contributed by atoms with E-state index in [1.807, 2.05) is 0 Å². The molecule has 7 N–H and O–H groups in total. The van der Waals surface area contributed by atoms with Crippen LogP contribution < -0.4 is 16.0 Å². The molecule has 1 aromatic heterocycles. The van der Waals surface area contributed by atoms with Gasteiger partial charge in [0.05, 0.1) is 11.6 Å². The van der Waals surface area contributed by atoms with Crippen molar-refractivity contribution in [2.45, 2.75) is 37.2 Å². The van der Waals surface area contributed by atoms with Gasteiger partial charge in [-0.25, -0.2) is 4.98 Å². The summed E-state index contributed by atoms with van der Waals surface area (Å²) in [6, 6.07) is 0.394. The van der Waals surface area contributed by atoms with Crippen molar-refractivity contribution in [3.05, 3.63) is 50.7 Å². The Morgan fingerprint density at radius 3 is 2.41 bits per heavy atom. The Labute approximate surface area is 252 Å². The van der Waals surface area contributed by atoms with Crippen LogP contribution in [-0.2, 0) is 33.5 Å². The number of aliphatic hydroxyl groups excluding tert-OH is 2. The van der Waals surface area contributed by atoms with Crippen molar-refractivity contribution in [2.24, 2.45) is 17.6 Å². The highest BCUT2D eigenvalue weighted by Crippen LogP contribution is 2.54. The zero-order valence-corrected chi connectivity index (χ0v) is 24.8. The number of aliphatic hydroxyl groups is 3. The lowest BCUT2D eigenvalue weighted by Crippen LogP contribution is -2.65. The molecule has 3 aliphatic rings. The molecule has 44 heavy (non-hydrogen) atoms. The first-order chi connectivity index (χ1) is 20.4. The van der Waals surface area contributed by atoms with E-state index in [9.17, 15) is 48.0 Å². The number of phenolic OH excluding ortho intramolecular Hbond substituents is 1. The molecule has 2 aromatic rings. The molecule has 1 aromatic carbocycles. The molecule has 12 nitrogen and oxygen atoms in total. The van der Waals surface area contributed by atoms with Gasteiger partial charge in [0.25, 0.3) is 5.91 Å². The lowest BCUT2D eigenvalue weighted by molar-refractivity contribution is -0.153. The second kappa shape index (κ2) is 10.5. The third-order valence-electron chi connectivity index (χ3n) is 8.48. The number of alkyl halides is 3. The maximum absolute atomic E-state index is 14.1. The quantitative estimate of drug-likeness (QED) is 0.255. The number of amides is 1. The van der Waals surface area contributed by atoms with Gasteiger partial charge in [-0.05, 0) is 44.5 Å². The molecule has 0 radical (unpaired) electrons. The number of nitrogens with one attached hydrogen (secondary N) is 1. The van der Waals surface area contributed by atoms with Gasteiger partial charge in [-0.15, -0.1) is 11.3 Å². The van der Waals surface area contributed by atoms with Crippen molar-refractivity contribution in [2.75, 3.05) is 38.4 Å². The number of aromatic nitrogens is 1. The number of rotatable bonds is 6.